The standard InChI is InChI=1S/C19H19N5O2S2/c1-24-18(13-6-3-7-14(12-13)25-2)21-22-19(24)28-11-5-9-16-20-17(23-26-16)15-8-4-10-27-15/h3-4,6-8,10,12H,5,9,11H2,1-2H3. The van der Waals surface area contributed by atoms with Crippen LogP contribution < -0.4 is 4.74 Å². The SMILES string of the molecule is COc1cccc(-c2nnc(SCCCc3nc(-c4cccs4)no3)n2C)c1. The molecule has 3 heterocycles. The smallest absolute Gasteiger partial charge is 0.227 e. The second-order valence-electron chi connectivity index (χ2n) is 6.04. The molecule has 0 saturated carbocycles. The van der Waals surface area contributed by atoms with Gasteiger partial charge in [-0.2, -0.15) is 4.98 Å². The van der Waals surface area contributed by atoms with Crippen molar-refractivity contribution in [2.24, 2.45) is 7.05 Å². The second kappa shape index (κ2) is 8.57. The Kier molecular flexibility index (Phi) is 5.73. The lowest BCUT2D eigenvalue weighted by molar-refractivity contribution is 0.378. The summed E-state index contributed by atoms with van der Waals surface area (Å²) in [7, 11) is 3.63. The molecule has 0 aliphatic rings. The van der Waals surface area contributed by atoms with Gasteiger partial charge in [0.05, 0.1) is 12.0 Å². The zero-order valence-corrected chi connectivity index (χ0v) is 17.2. The van der Waals surface area contributed by atoms with Crippen molar-refractivity contribution in [3.63, 3.8) is 0 Å². The van der Waals surface area contributed by atoms with E-state index in [9.17, 15) is 0 Å². The third kappa shape index (κ3) is 4.10. The Morgan fingerprint density at radius 1 is 1.21 bits per heavy atom. The highest BCUT2D eigenvalue weighted by Crippen LogP contribution is 2.26. The van der Waals surface area contributed by atoms with Crippen LogP contribution in [0.5, 0.6) is 5.75 Å². The summed E-state index contributed by atoms with van der Waals surface area (Å²) in [6, 6.07) is 11.8. The Morgan fingerprint density at radius 2 is 2.14 bits per heavy atom. The van der Waals surface area contributed by atoms with E-state index in [2.05, 4.69) is 20.3 Å². The molecule has 0 amide bonds. The largest absolute Gasteiger partial charge is 0.497 e. The molecule has 4 aromatic rings. The Balaban J connectivity index is 1.33. The van der Waals surface area contributed by atoms with Crippen LogP contribution in [-0.4, -0.2) is 37.8 Å². The Labute approximate surface area is 170 Å². The van der Waals surface area contributed by atoms with Crippen molar-refractivity contribution in [2.45, 2.75) is 18.0 Å². The topological polar surface area (TPSA) is 78.9 Å². The number of aryl methyl sites for hydroxylation is 1. The molecule has 9 heteroatoms. The van der Waals surface area contributed by atoms with E-state index in [1.165, 1.54) is 0 Å². The molecular formula is C19H19N5O2S2. The Morgan fingerprint density at radius 3 is 2.96 bits per heavy atom. The molecule has 1 aromatic carbocycles. The van der Waals surface area contributed by atoms with Gasteiger partial charge in [-0.3, -0.25) is 0 Å². The quantitative estimate of drug-likeness (QED) is 0.314. The normalized spacial score (nSPS) is 11.1. The summed E-state index contributed by atoms with van der Waals surface area (Å²) in [6.45, 7) is 0. The van der Waals surface area contributed by atoms with Crippen molar-refractivity contribution >= 4 is 23.1 Å². The van der Waals surface area contributed by atoms with E-state index in [1.54, 1.807) is 30.2 Å². The van der Waals surface area contributed by atoms with E-state index < -0.39 is 0 Å². The van der Waals surface area contributed by atoms with Crippen LogP contribution in [0.3, 0.4) is 0 Å². The summed E-state index contributed by atoms with van der Waals surface area (Å²) in [5.74, 6) is 3.84. The predicted octanol–water partition coefficient (Wildman–Crippen LogP) is 4.33. The number of hydrogen-bond acceptors (Lipinski definition) is 8. The number of thiophene rings is 1. The van der Waals surface area contributed by atoms with E-state index in [1.807, 2.05) is 53.4 Å². The third-order valence-electron chi connectivity index (χ3n) is 4.14. The van der Waals surface area contributed by atoms with Crippen LogP contribution in [0, 0.1) is 0 Å². The van der Waals surface area contributed by atoms with Gasteiger partial charge in [0.25, 0.3) is 0 Å². The molecule has 0 fully saturated rings. The Hall–Kier alpha value is -2.65. The average molecular weight is 414 g/mol. The molecular weight excluding hydrogens is 394 g/mol. The number of rotatable bonds is 8. The number of nitrogens with zero attached hydrogens (tertiary/aromatic N) is 5. The van der Waals surface area contributed by atoms with Crippen LogP contribution in [0.15, 0.2) is 51.5 Å². The van der Waals surface area contributed by atoms with Gasteiger partial charge in [0, 0.05) is 24.8 Å². The maximum absolute atomic E-state index is 5.34. The highest BCUT2D eigenvalue weighted by molar-refractivity contribution is 7.99. The van der Waals surface area contributed by atoms with Gasteiger partial charge in [-0.05, 0) is 30.0 Å². The molecule has 0 bridgehead atoms. The maximum Gasteiger partial charge on any atom is 0.227 e. The van der Waals surface area contributed by atoms with Crippen molar-refractivity contribution in [3.05, 3.63) is 47.7 Å². The van der Waals surface area contributed by atoms with Crippen molar-refractivity contribution in [2.75, 3.05) is 12.9 Å². The van der Waals surface area contributed by atoms with Crippen LogP contribution in [0.1, 0.15) is 12.3 Å². The van der Waals surface area contributed by atoms with Gasteiger partial charge in [-0.15, -0.1) is 21.5 Å². The van der Waals surface area contributed by atoms with Gasteiger partial charge in [0.2, 0.25) is 11.7 Å². The van der Waals surface area contributed by atoms with Crippen molar-refractivity contribution in [1.82, 2.24) is 24.9 Å². The van der Waals surface area contributed by atoms with Gasteiger partial charge in [-0.25, -0.2) is 0 Å². The highest BCUT2D eigenvalue weighted by atomic mass is 32.2. The summed E-state index contributed by atoms with van der Waals surface area (Å²) in [5.41, 5.74) is 0.980. The van der Waals surface area contributed by atoms with Crippen molar-refractivity contribution in [3.8, 4) is 27.8 Å². The molecule has 0 aliphatic carbocycles. The molecule has 0 radical (unpaired) electrons. The second-order valence-corrected chi connectivity index (χ2v) is 8.05. The first-order valence-corrected chi connectivity index (χ1v) is 10.6. The number of ether oxygens (including phenoxy) is 1. The van der Waals surface area contributed by atoms with Crippen LogP contribution >= 0.6 is 23.1 Å². The first-order valence-electron chi connectivity index (χ1n) is 8.77. The van der Waals surface area contributed by atoms with Crippen LogP contribution in [0.25, 0.3) is 22.1 Å². The third-order valence-corrected chi connectivity index (χ3v) is 6.11. The van der Waals surface area contributed by atoms with E-state index in [0.29, 0.717) is 11.7 Å². The van der Waals surface area contributed by atoms with Gasteiger partial charge < -0.3 is 13.8 Å². The molecule has 144 valence electrons. The van der Waals surface area contributed by atoms with E-state index >= 15 is 0 Å². The molecule has 0 saturated heterocycles. The summed E-state index contributed by atoms with van der Waals surface area (Å²) < 4.78 is 12.6. The summed E-state index contributed by atoms with van der Waals surface area (Å²) >= 11 is 3.27. The monoisotopic (exact) mass is 413 g/mol. The number of aromatic nitrogens is 5. The molecule has 0 aliphatic heterocycles. The summed E-state index contributed by atoms with van der Waals surface area (Å²) in [4.78, 5) is 5.48. The molecule has 3 aromatic heterocycles. The minimum Gasteiger partial charge on any atom is -0.497 e. The van der Waals surface area contributed by atoms with Gasteiger partial charge >= 0.3 is 0 Å². The minimum atomic E-state index is 0.661. The molecule has 28 heavy (non-hydrogen) atoms. The molecule has 0 unspecified atom stereocenters. The zero-order valence-electron chi connectivity index (χ0n) is 15.5. The van der Waals surface area contributed by atoms with Crippen molar-refractivity contribution < 1.29 is 9.26 Å². The molecule has 0 atom stereocenters. The van der Waals surface area contributed by atoms with Gasteiger partial charge in [0.1, 0.15) is 5.75 Å². The lowest BCUT2D eigenvalue weighted by Crippen LogP contribution is -1.96. The first kappa shape index (κ1) is 18.7. The lowest BCUT2D eigenvalue weighted by Gasteiger charge is -2.05. The predicted molar refractivity (Wildman–Crippen MR) is 110 cm³/mol. The molecule has 0 spiro atoms. The van der Waals surface area contributed by atoms with Crippen LogP contribution in [0.2, 0.25) is 0 Å². The van der Waals surface area contributed by atoms with Crippen LogP contribution in [-0.2, 0) is 13.5 Å². The number of thioether (sulfide) groups is 1. The van der Waals surface area contributed by atoms with E-state index in [-0.39, 0.29) is 0 Å². The summed E-state index contributed by atoms with van der Waals surface area (Å²) in [5, 5.41) is 15.6. The van der Waals surface area contributed by atoms with Gasteiger partial charge in [0.15, 0.2) is 11.0 Å². The number of hydrogen-bond donors (Lipinski definition) is 0. The Bertz CT molecular complexity index is 1040. The highest BCUT2D eigenvalue weighted by Gasteiger charge is 2.13. The zero-order chi connectivity index (χ0) is 19.3. The maximum atomic E-state index is 5.34. The fraction of sp³-hybridized carbons (Fsp3) is 0.263. The minimum absolute atomic E-state index is 0.661. The lowest BCUT2D eigenvalue weighted by atomic mass is 10.2. The molecule has 7 nitrogen and oxygen atoms in total. The fourth-order valence-electron chi connectivity index (χ4n) is 2.70. The van der Waals surface area contributed by atoms with Crippen LogP contribution in [0.4, 0.5) is 0 Å². The van der Waals surface area contributed by atoms with E-state index in [0.717, 1.165) is 45.8 Å². The van der Waals surface area contributed by atoms with Crippen molar-refractivity contribution in [1.29, 1.82) is 0 Å². The van der Waals surface area contributed by atoms with E-state index in [4.69, 9.17) is 9.26 Å². The average Bonchev–Trinajstić information content (AvgIpc) is 3.47. The molecule has 4 rings (SSSR count). The summed E-state index contributed by atoms with van der Waals surface area (Å²) in [6.07, 6.45) is 1.66. The number of methoxy groups -OCH3 is 1. The first-order chi connectivity index (χ1) is 13.7. The molecule has 0 N–H and O–H groups in total. The van der Waals surface area contributed by atoms with Gasteiger partial charge in [-0.1, -0.05) is 35.1 Å². The number of benzene rings is 1. The fourth-order valence-corrected chi connectivity index (χ4v) is 4.20.